The number of hydrogen-bond donors (Lipinski definition) is 1. The zero-order chi connectivity index (χ0) is 26.6. The maximum atomic E-state index is 13.9. The highest BCUT2D eigenvalue weighted by Crippen LogP contribution is 2.48. The number of nitrogens with one attached hydrogen (secondary N) is 1. The Hall–Kier alpha value is -3.91. The van der Waals surface area contributed by atoms with Crippen molar-refractivity contribution in [2.24, 2.45) is 0 Å². The number of aryl methyl sites for hydroxylation is 1. The second-order valence-electron chi connectivity index (χ2n) is 9.28. The van der Waals surface area contributed by atoms with Gasteiger partial charge >= 0.3 is 0 Å². The molecule has 1 aliphatic rings. The fourth-order valence-corrected chi connectivity index (χ4v) is 5.83. The van der Waals surface area contributed by atoms with Crippen molar-refractivity contribution in [3.05, 3.63) is 101 Å². The van der Waals surface area contributed by atoms with Crippen molar-refractivity contribution >= 4 is 29.4 Å². The highest BCUT2D eigenvalue weighted by Gasteiger charge is 2.37. The Balaban J connectivity index is 1.78. The minimum atomic E-state index is -0.323. The summed E-state index contributed by atoms with van der Waals surface area (Å²) in [4.78, 5) is 28.1. The van der Waals surface area contributed by atoms with Gasteiger partial charge in [-0.05, 0) is 48.7 Å². The molecule has 194 valence electrons. The van der Waals surface area contributed by atoms with Gasteiger partial charge in [-0.3, -0.25) is 14.5 Å². The van der Waals surface area contributed by atoms with Crippen molar-refractivity contribution in [1.29, 1.82) is 0 Å². The van der Waals surface area contributed by atoms with Crippen LogP contribution in [0, 0.1) is 12.7 Å². The summed E-state index contributed by atoms with van der Waals surface area (Å²) in [6.45, 7) is 4.40. The van der Waals surface area contributed by atoms with Crippen LogP contribution in [0.1, 0.15) is 35.3 Å². The first-order chi connectivity index (χ1) is 18.5. The van der Waals surface area contributed by atoms with Crippen LogP contribution in [0.2, 0.25) is 0 Å². The molecule has 1 aliphatic heterocycles. The molecule has 0 aliphatic carbocycles. The number of halogens is 1. The maximum absolute atomic E-state index is 13.9. The van der Waals surface area contributed by atoms with Gasteiger partial charge < -0.3 is 5.32 Å². The standard InChI is InChI=1S/C30H29FN4O2S/c1-3-16-32-25(36)18-34-26(37)19-38-29(22-12-14-23(31)15-13-22)27-28(21-9-5-4-6-10-21)33-35(30(27)34)24-11-7-8-20(2)17-24/h4-15,17,29H,3,16,18-19H2,1-2H3,(H,32,36). The monoisotopic (exact) mass is 528 g/mol. The lowest BCUT2D eigenvalue weighted by Gasteiger charge is -2.23. The predicted octanol–water partition coefficient (Wildman–Crippen LogP) is 5.68. The van der Waals surface area contributed by atoms with Crippen LogP contribution in [0.3, 0.4) is 0 Å². The molecule has 0 saturated carbocycles. The van der Waals surface area contributed by atoms with E-state index in [2.05, 4.69) is 5.32 Å². The van der Waals surface area contributed by atoms with Gasteiger partial charge in [0, 0.05) is 17.7 Å². The summed E-state index contributed by atoms with van der Waals surface area (Å²) in [5, 5.41) is 7.66. The van der Waals surface area contributed by atoms with Crippen LogP contribution in [-0.4, -0.2) is 40.4 Å². The fraction of sp³-hybridized carbons (Fsp3) is 0.233. The molecule has 0 radical (unpaired) electrons. The van der Waals surface area contributed by atoms with E-state index in [-0.39, 0.29) is 35.2 Å². The minimum Gasteiger partial charge on any atom is -0.355 e. The van der Waals surface area contributed by atoms with E-state index in [1.165, 1.54) is 23.9 Å². The van der Waals surface area contributed by atoms with Crippen molar-refractivity contribution in [1.82, 2.24) is 15.1 Å². The number of thioether (sulfide) groups is 1. The van der Waals surface area contributed by atoms with Gasteiger partial charge in [0.1, 0.15) is 18.2 Å². The molecule has 2 heterocycles. The Kier molecular flexibility index (Phi) is 7.60. The lowest BCUT2D eigenvalue weighted by Crippen LogP contribution is -2.42. The number of aromatic nitrogens is 2. The number of fused-ring (bicyclic) bond motifs is 1. The third kappa shape index (κ3) is 5.22. The highest BCUT2D eigenvalue weighted by molar-refractivity contribution is 8.00. The predicted molar refractivity (Wildman–Crippen MR) is 150 cm³/mol. The fourth-order valence-electron chi connectivity index (χ4n) is 4.63. The number of anilines is 1. The molecule has 1 unspecified atom stereocenters. The topological polar surface area (TPSA) is 67.2 Å². The first kappa shape index (κ1) is 25.7. The van der Waals surface area contributed by atoms with Gasteiger partial charge in [-0.15, -0.1) is 11.8 Å². The quantitative estimate of drug-likeness (QED) is 0.335. The van der Waals surface area contributed by atoms with E-state index in [0.29, 0.717) is 12.4 Å². The van der Waals surface area contributed by atoms with Gasteiger partial charge in [0.2, 0.25) is 11.8 Å². The smallest absolute Gasteiger partial charge is 0.240 e. The molecule has 0 bridgehead atoms. The SMILES string of the molecule is CCCNC(=O)CN1C(=O)CSC(c2ccc(F)cc2)c2c(-c3ccccc3)nn(-c3cccc(C)c3)c21. The minimum absolute atomic E-state index is 0.117. The van der Waals surface area contributed by atoms with E-state index in [4.69, 9.17) is 5.10 Å². The molecular weight excluding hydrogens is 499 g/mol. The Morgan fingerprint density at radius 3 is 2.55 bits per heavy atom. The molecule has 4 aromatic rings. The third-order valence-electron chi connectivity index (χ3n) is 6.43. The summed E-state index contributed by atoms with van der Waals surface area (Å²) >= 11 is 1.46. The van der Waals surface area contributed by atoms with E-state index in [9.17, 15) is 14.0 Å². The van der Waals surface area contributed by atoms with Gasteiger partial charge in [-0.2, -0.15) is 5.10 Å². The van der Waals surface area contributed by atoms with E-state index in [1.807, 2.05) is 68.4 Å². The normalized spacial score (nSPS) is 15.2. The van der Waals surface area contributed by atoms with Crippen LogP contribution in [0.5, 0.6) is 0 Å². The van der Waals surface area contributed by atoms with Crippen molar-refractivity contribution in [2.75, 3.05) is 23.7 Å². The average Bonchev–Trinajstić information content (AvgIpc) is 3.26. The first-order valence-corrected chi connectivity index (χ1v) is 13.7. The molecule has 1 atom stereocenters. The van der Waals surface area contributed by atoms with Gasteiger partial charge in [-0.1, -0.05) is 61.5 Å². The summed E-state index contributed by atoms with van der Waals surface area (Å²) in [6.07, 6.45) is 0.798. The van der Waals surface area contributed by atoms with E-state index in [1.54, 1.807) is 21.7 Å². The van der Waals surface area contributed by atoms with Crippen LogP contribution in [0.15, 0.2) is 78.9 Å². The maximum Gasteiger partial charge on any atom is 0.240 e. The Morgan fingerprint density at radius 2 is 1.84 bits per heavy atom. The molecule has 38 heavy (non-hydrogen) atoms. The highest BCUT2D eigenvalue weighted by atomic mass is 32.2. The average molecular weight is 529 g/mol. The van der Waals surface area contributed by atoms with E-state index in [0.717, 1.165) is 40.1 Å². The third-order valence-corrected chi connectivity index (χ3v) is 7.68. The van der Waals surface area contributed by atoms with Crippen LogP contribution in [0.25, 0.3) is 16.9 Å². The van der Waals surface area contributed by atoms with Gasteiger partial charge in [0.25, 0.3) is 0 Å². The van der Waals surface area contributed by atoms with Crippen molar-refractivity contribution in [3.63, 3.8) is 0 Å². The van der Waals surface area contributed by atoms with Crippen LogP contribution in [-0.2, 0) is 9.59 Å². The summed E-state index contributed by atoms with van der Waals surface area (Å²) in [7, 11) is 0. The Labute approximate surface area is 225 Å². The van der Waals surface area contributed by atoms with E-state index >= 15 is 0 Å². The molecule has 0 fully saturated rings. The molecule has 0 saturated heterocycles. The van der Waals surface area contributed by atoms with Crippen molar-refractivity contribution in [3.8, 4) is 16.9 Å². The Bertz CT molecular complexity index is 1450. The van der Waals surface area contributed by atoms with Gasteiger partial charge in [0.15, 0.2) is 0 Å². The summed E-state index contributed by atoms with van der Waals surface area (Å²) in [6, 6.07) is 24.1. The van der Waals surface area contributed by atoms with Crippen LogP contribution in [0.4, 0.5) is 10.2 Å². The van der Waals surface area contributed by atoms with Crippen LogP contribution < -0.4 is 10.2 Å². The number of carbonyl (C=O) groups is 2. The largest absolute Gasteiger partial charge is 0.355 e. The summed E-state index contributed by atoms with van der Waals surface area (Å²) in [5.74, 6) is -0.00238. The Morgan fingerprint density at radius 1 is 1.08 bits per heavy atom. The molecule has 6 nitrogen and oxygen atoms in total. The first-order valence-electron chi connectivity index (χ1n) is 12.7. The zero-order valence-corrected chi connectivity index (χ0v) is 22.2. The summed E-state index contributed by atoms with van der Waals surface area (Å²) in [5.41, 5.74) is 5.14. The molecule has 1 aromatic heterocycles. The number of rotatable bonds is 7. The molecule has 1 N–H and O–H groups in total. The van der Waals surface area contributed by atoms with Crippen LogP contribution >= 0.6 is 11.8 Å². The number of benzene rings is 3. The molecule has 8 heteroatoms. The lowest BCUT2D eigenvalue weighted by atomic mass is 9.99. The number of amides is 2. The van der Waals surface area contributed by atoms with Crippen molar-refractivity contribution < 1.29 is 14.0 Å². The molecule has 5 rings (SSSR count). The van der Waals surface area contributed by atoms with Gasteiger partial charge in [0.05, 0.1) is 22.4 Å². The lowest BCUT2D eigenvalue weighted by molar-refractivity contribution is -0.122. The number of hydrogen-bond acceptors (Lipinski definition) is 4. The second kappa shape index (κ2) is 11.2. The van der Waals surface area contributed by atoms with Gasteiger partial charge in [-0.25, -0.2) is 9.07 Å². The second-order valence-corrected chi connectivity index (χ2v) is 10.4. The summed E-state index contributed by atoms with van der Waals surface area (Å²) < 4.78 is 15.7. The van der Waals surface area contributed by atoms with Crippen molar-refractivity contribution in [2.45, 2.75) is 25.5 Å². The molecule has 2 amide bonds. The molecular formula is C30H29FN4O2S. The zero-order valence-electron chi connectivity index (χ0n) is 21.4. The molecule has 0 spiro atoms. The number of carbonyl (C=O) groups excluding carboxylic acids is 2. The number of nitrogens with zero attached hydrogens (tertiary/aromatic N) is 3. The van der Waals surface area contributed by atoms with E-state index < -0.39 is 0 Å². The molecule has 3 aromatic carbocycles.